The summed E-state index contributed by atoms with van der Waals surface area (Å²) in [5.41, 5.74) is 8.24. The van der Waals surface area contributed by atoms with Gasteiger partial charge in [-0.25, -0.2) is 8.78 Å². The van der Waals surface area contributed by atoms with Crippen LogP contribution in [-0.2, 0) is 17.8 Å². The molecule has 0 spiro atoms. The van der Waals surface area contributed by atoms with E-state index < -0.39 is 18.1 Å². The maximum atomic E-state index is 15.3. The number of benzene rings is 1. The molecule has 7 rings (SSSR count). The van der Waals surface area contributed by atoms with Crippen LogP contribution in [0.2, 0.25) is 0 Å². The number of ether oxygens (including phenoxy) is 2. The van der Waals surface area contributed by atoms with Gasteiger partial charge < -0.3 is 25.4 Å². The Morgan fingerprint density at radius 3 is 2.85 bits per heavy atom. The SMILES string of the molecule is Cc1cc(N)c(F)c(C2Cc3nc(OCC45CCCN4CC(F)C5)nc(N4CC5CCC(C4)N5)c3CO2)c1C#N. The standard InChI is InChI=1S/C29H35F2N7O2/c1-16-7-22(33)26(31)25(20(16)10-32)24-8-23-21(14-39-24)27(37-12-18-3-4-19(13-37)34-18)36-28(35-23)40-15-29-5-2-6-38(29)11-17(30)9-29/h7,17-19,24,34H,2-6,8-9,11-15,33H2,1H3. The summed E-state index contributed by atoms with van der Waals surface area (Å²) in [6.45, 7) is 5.26. The number of nitrogens with zero attached hydrogens (tertiary/aromatic N) is 5. The van der Waals surface area contributed by atoms with Crippen molar-refractivity contribution in [1.29, 1.82) is 5.26 Å². The molecule has 212 valence electrons. The van der Waals surface area contributed by atoms with Crippen molar-refractivity contribution in [3.8, 4) is 12.1 Å². The van der Waals surface area contributed by atoms with Crippen molar-refractivity contribution >= 4 is 11.5 Å². The van der Waals surface area contributed by atoms with Crippen LogP contribution in [0, 0.1) is 24.1 Å². The van der Waals surface area contributed by atoms with Crippen LogP contribution in [0.25, 0.3) is 0 Å². The fraction of sp³-hybridized carbons (Fsp3) is 0.621. The largest absolute Gasteiger partial charge is 0.461 e. The smallest absolute Gasteiger partial charge is 0.318 e. The Kier molecular flexibility index (Phi) is 6.33. The predicted molar refractivity (Wildman–Crippen MR) is 144 cm³/mol. The summed E-state index contributed by atoms with van der Waals surface area (Å²) in [4.78, 5) is 14.2. The number of alkyl halides is 1. The lowest BCUT2D eigenvalue weighted by Crippen LogP contribution is -2.52. The number of nitrogens with one attached hydrogen (secondary N) is 1. The van der Waals surface area contributed by atoms with Gasteiger partial charge in [0.15, 0.2) is 5.82 Å². The van der Waals surface area contributed by atoms with Crippen LogP contribution in [0.1, 0.15) is 66.2 Å². The Balaban J connectivity index is 1.24. The zero-order valence-electron chi connectivity index (χ0n) is 22.8. The summed E-state index contributed by atoms with van der Waals surface area (Å²) < 4.78 is 42.2. The third-order valence-corrected chi connectivity index (χ3v) is 9.56. The third kappa shape index (κ3) is 4.28. The first-order valence-corrected chi connectivity index (χ1v) is 14.4. The first kappa shape index (κ1) is 25.9. The number of piperazine rings is 1. The van der Waals surface area contributed by atoms with Crippen LogP contribution >= 0.6 is 0 Å². The maximum Gasteiger partial charge on any atom is 0.318 e. The first-order chi connectivity index (χ1) is 19.3. The van der Waals surface area contributed by atoms with Crippen LogP contribution in [-0.4, -0.2) is 71.4 Å². The van der Waals surface area contributed by atoms with E-state index in [1.165, 1.54) is 6.07 Å². The number of aromatic nitrogens is 2. The normalized spacial score (nSPS) is 31.2. The average Bonchev–Trinajstić information content (AvgIpc) is 3.58. The highest BCUT2D eigenvalue weighted by atomic mass is 19.1. The van der Waals surface area contributed by atoms with E-state index >= 15 is 4.39 Å². The van der Waals surface area contributed by atoms with Crippen molar-refractivity contribution in [2.24, 2.45) is 0 Å². The maximum absolute atomic E-state index is 15.3. The van der Waals surface area contributed by atoms with Gasteiger partial charge in [0, 0.05) is 55.7 Å². The molecule has 40 heavy (non-hydrogen) atoms. The van der Waals surface area contributed by atoms with Gasteiger partial charge in [-0.15, -0.1) is 0 Å². The molecule has 5 atom stereocenters. The number of hydrogen-bond acceptors (Lipinski definition) is 9. The molecule has 1 aromatic heterocycles. The Labute approximate surface area is 232 Å². The van der Waals surface area contributed by atoms with Gasteiger partial charge in [-0.2, -0.15) is 15.2 Å². The van der Waals surface area contributed by atoms with E-state index in [9.17, 15) is 9.65 Å². The molecule has 2 aromatic rings. The molecule has 4 fully saturated rings. The van der Waals surface area contributed by atoms with Gasteiger partial charge in [0.25, 0.3) is 0 Å². The molecule has 5 aliphatic heterocycles. The highest BCUT2D eigenvalue weighted by molar-refractivity contribution is 5.57. The summed E-state index contributed by atoms with van der Waals surface area (Å²) in [6.07, 6.45) is 3.35. The number of aryl methyl sites for hydroxylation is 1. The number of rotatable bonds is 5. The minimum atomic E-state index is -0.843. The van der Waals surface area contributed by atoms with Crippen molar-refractivity contribution in [3.05, 3.63) is 39.8 Å². The number of nitriles is 1. The van der Waals surface area contributed by atoms with Crippen molar-refractivity contribution in [1.82, 2.24) is 20.2 Å². The molecular weight excluding hydrogens is 516 g/mol. The fourth-order valence-corrected chi connectivity index (χ4v) is 7.66. The molecule has 2 bridgehead atoms. The molecule has 0 saturated carbocycles. The molecule has 0 aliphatic carbocycles. The van der Waals surface area contributed by atoms with Crippen LogP contribution < -0.4 is 20.7 Å². The van der Waals surface area contributed by atoms with Gasteiger partial charge in [-0.1, -0.05) is 0 Å². The van der Waals surface area contributed by atoms with Crippen LogP contribution in [0.5, 0.6) is 6.01 Å². The topological polar surface area (TPSA) is 113 Å². The highest BCUT2D eigenvalue weighted by Gasteiger charge is 2.49. The number of nitrogen functional groups attached to an aromatic ring is 1. The van der Waals surface area contributed by atoms with Crippen LogP contribution in [0.15, 0.2) is 6.07 Å². The van der Waals surface area contributed by atoms with Crippen molar-refractivity contribution in [2.75, 3.05) is 43.4 Å². The van der Waals surface area contributed by atoms with E-state index in [2.05, 4.69) is 21.2 Å². The lowest BCUT2D eigenvalue weighted by Gasteiger charge is -2.37. The average molecular weight is 552 g/mol. The number of fused-ring (bicyclic) bond motifs is 4. The first-order valence-electron chi connectivity index (χ1n) is 14.4. The van der Waals surface area contributed by atoms with Gasteiger partial charge in [0.1, 0.15) is 18.6 Å². The summed E-state index contributed by atoms with van der Waals surface area (Å²) in [5, 5.41) is 13.5. The zero-order chi connectivity index (χ0) is 27.6. The molecule has 0 radical (unpaired) electrons. The lowest BCUT2D eigenvalue weighted by molar-refractivity contribution is 0.0230. The molecule has 5 aliphatic rings. The third-order valence-electron chi connectivity index (χ3n) is 9.56. The molecule has 1 aromatic carbocycles. The molecular formula is C29H35F2N7O2. The minimum absolute atomic E-state index is 0.00677. The number of hydrogen-bond donors (Lipinski definition) is 2. The molecule has 11 heteroatoms. The molecule has 3 N–H and O–H groups in total. The van der Waals surface area contributed by atoms with E-state index in [-0.39, 0.29) is 41.4 Å². The molecule has 6 heterocycles. The highest BCUT2D eigenvalue weighted by Crippen LogP contribution is 2.42. The molecule has 5 unspecified atom stereocenters. The van der Waals surface area contributed by atoms with E-state index in [0.717, 1.165) is 62.4 Å². The predicted octanol–water partition coefficient (Wildman–Crippen LogP) is 3.09. The van der Waals surface area contributed by atoms with Crippen LogP contribution in [0.3, 0.4) is 0 Å². The van der Waals surface area contributed by atoms with Gasteiger partial charge in [-0.05, 0) is 50.8 Å². The Morgan fingerprint density at radius 2 is 2.08 bits per heavy atom. The summed E-state index contributed by atoms with van der Waals surface area (Å²) >= 11 is 0. The quantitative estimate of drug-likeness (QED) is 0.542. The molecule has 0 amide bonds. The zero-order valence-corrected chi connectivity index (χ0v) is 22.8. The Bertz CT molecular complexity index is 1370. The Hall–Kier alpha value is -3.07. The summed E-state index contributed by atoms with van der Waals surface area (Å²) in [6, 6.07) is 4.68. The van der Waals surface area contributed by atoms with Crippen molar-refractivity contribution in [2.45, 2.75) is 82.0 Å². The lowest BCUT2D eigenvalue weighted by atomic mass is 9.92. The minimum Gasteiger partial charge on any atom is -0.461 e. The van der Waals surface area contributed by atoms with E-state index in [4.69, 9.17) is 25.2 Å². The van der Waals surface area contributed by atoms with Gasteiger partial charge >= 0.3 is 6.01 Å². The van der Waals surface area contributed by atoms with Gasteiger partial charge in [-0.3, -0.25) is 4.90 Å². The number of anilines is 2. The second-order valence-electron chi connectivity index (χ2n) is 12.2. The van der Waals surface area contributed by atoms with Gasteiger partial charge in [0.2, 0.25) is 0 Å². The second kappa shape index (κ2) is 9.79. The van der Waals surface area contributed by atoms with E-state index in [1.807, 2.05) is 0 Å². The molecule has 4 saturated heterocycles. The summed E-state index contributed by atoms with van der Waals surface area (Å²) in [7, 11) is 0. The van der Waals surface area contributed by atoms with Crippen molar-refractivity contribution in [3.63, 3.8) is 0 Å². The number of nitrogens with two attached hydrogens (primary N) is 1. The van der Waals surface area contributed by atoms with Crippen LogP contribution in [0.4, 0.5) is 20.3 Å². The monoisotopic (exact) mass is 551 g/mol. The van der Waals surface area contributed by atoms with Crippen molar-refractivity contribution < 1.29 is 18.3 Å². The van der Waals surface area contributed by atoms with E-state index in [0.29, 0.717) is 37.2 Å². The Morgan fingerprint density at radius 1 is 1.27 bits per heavy atom. The second-order valence-corrected chi connectivity index (χ2v) is 12.2. The fourth-order valence-electron chi connectivity index (χ4n) is 7.66. The summed E-state index contributed by atoms with van der Waals surface area (Å²) in [5.74, 6) is 0.166. The number of halogens is 2. The van der Waals surface area contributed by atoms with Gasteiger partial charge in [0.05, 0.1) is 41.3 Å². The van der Waals surface area contributed by atoms with E-state index in [1.54, 1.807) is 6.92 Å². The molecule has 9 nitrogen and oxygen atoms in total.